The molecule has 1 unspecified atom stereocenters. The highest BCUT2D eigenvalue weighted by molar-refractivity contribution is 5.98. The Balaban J connectivity index is 1.75. The lowest BCUT2D eigenvalue weighted by Gasteiger charge is -2.29. The zero-order valence-electron chi connectivity index (χ0n) is 26.3. The van der Waals surface area contributed by atoms with Crippen LogP contribution in [0.3, 0.4) is 0 Å². The first-order valence-corrected chi connectivity index (χ1v) is 14.4. The van der Waals surface area contributed by atoms with E-state index in [9.17, 15) is 24.3 Å². The Kier molecular flexibility index (Phi) is 11.7. The Morgan fingerprint density at radius 1 is 0.978 bits per heavy atom. The molecule has 0 aliphatic heterocycles. The first-order valence-electron chi connectivity index (χ1n) is 14.4. The van der Waals surface area contributed by atoms with E-state index in [0.29, 0.717) is 17.9 Å². The molecule has 0 saturated heterocycles. The average molecular weight is 624 g/mol. The van der Waals surface area contributed by atoms with E-state index < -0.39 is 47.1 Å². The zero-order chi connectivity index (χ0) is 33.2. The number of benzene rings is 2. The third kappa shape index (κ3) is 10.6. The molecule has 3 aromatic rings. The van der Waals surface area contributed by atoms with Crippen molar-refractivity contribution in [3.05, 3.63) is 78.2 Å². The summed E-state index contributed by atoms with van der Waals surface area (Å²) in [5.74, 6) is -1.79. The summed E-state index contributed by atoms with van der Waals surface area (Å²) >= 11 is 0. The Morgan fingerprint density at radius 2 is 1.64 bits per heavy atom. The predicted molar refractivity (Wildman–Crippen MR) is 166 cm³/mol. The molecule has 0 spiro atoms. The Bertz CT molecular complexity index is 1450. The fourth-order valence-electron chi connectivity index (χ4n) is 4.12. The van der Waals surface area contributed by atoms with Crippen molar-refractivity contribution < 1.29 is 38.5 Å². The highest BCUT2D eigenvalue weighted by Crippen LogP contribution is 2.23. The van der Waals surface area contributed by atoms with Crippen LogP contribution >= 0.6 is 0 Å². The summed E-state index contributed by atoms with van der Waals surface area (Å²) in [6.45, 7) is 10.3. The molecule has 1 aromatic heterocycles. The summed E-state index contributed by atoms with van der Waals surface area (Å²) in [4.78, 5) is 55.3. The number of hydrogen-bond acceptors (Lipinski definition) is 8. The average Bonchev–Trinajstić information content (AvgIpc) is 3.40. The smallest absolute Gasteiger partial charge is 0.408 e. The lowest BCUT2D eigenvalue weighted by atomic mass is 10.0. The summed E-state index contributed by atoms with van der Waals surface area (Å²) in [6.07, 6.45) is 1.87. The van der Waals surface area contributed by atoms with E-state index in [1.54, 1.807) is 45.0 Å². The second-order valence-corrected chi connectivity index (χ2v) is 11.7. The molecular weight excluding hydrogens is 582 g/mol. The summed E-state index contributed by atoms with van der Waals surface area (Å²) < 4.78 is 17.8. The quantitative estimate of drug-likeness (QED) is 0.208. The van der Waals surface area contributed by atoms with Gasteiger partial charge in [0.15, 0.2) is 11.9 Å². The van der Waals surface area contributed by atoms with Crippen LogP contribution in [0.15, 0.2) is 67.1 Å². The number of carbonyl (C=O) groups excluding carboxylic acids is 3. The van der Waals surface area contributed by atoms with Crippen LogP contribution in [0.1, 0.15) is 58.7 Å². The molecule has 3 amide bonds. The fraction of sp³-hybridized carbons (Fsp3) is 0.406. The van der Waals surface area contributed by atoms with Crippen molar-refractivity contribution >= 4 is 29.7 Å². The number of nitrogens with one attached hydrogen (secondary N) is 3. The van der Waals surface area contributed by atoms with Crippen LogP contribution in [-0.2, 0) is 30.5 Å². The van der Waals surface area contributed by atoms with Gasteiger partial charge in [-0.25, -0.2) is 14.6 Å². The van der Waals surface area contributed by atoms with Crippen LogP contribution < -0.4 is 20.7 Å². The van der Waals surface area contributed by atoms with Crippen LogP contribution in [0.25, 0.3) is 0 Å². The van der Waals surface area contributed by atoms with Crippen molar-refractivity contribution in [1.29, 1.82) is 0 Å². The zero-order valence-corrected chi connectivity index (χ0v) is 26.3. The van der Waals surface area contributed by atoms with Crippen molar-refractivity contribution in [2.75, 3.05) is 18.5 Å². The maximum absolute atomic E-state index is 13.4. The van der Waals surface area contributed by atoms with Crippen LogP contribution in [0.5, 0.6) is 5.75 Å². The SMILES string of the molecule is CCOc1ccc(C(C(=O)O)n2cnc(NC(=O)[C@@H](COCc3ccccc3)NC(=O)C(C)(C)NC(=O)OC(C)(C)C)c2)cc1. The maximum Gasteiger partial charge on any atom is 0.408 e. The number of hydrogen-bond donors (Lipinski definition) is 4. The van der Waals surface area contributed by atoms with E-state index in [4.69, 9.17) is 14.2 Å². The molecular formula is C32H41N5O8. The molecule has 2 atom stereocenters. The number of aliphatic carboxylic acids is 1. The fourth-order valence-corrected chi connectivity index (χ4v) is 4.12. The molecule has 13 nitrogen and oxygen atoms in total. The van der Waals surface area contributed by atoms with Gasteiger partial charge in [0, 0.05) is 6.20 Å². The standard InChI is InChI=1S/C32H41N5O8/c1-7-44-23-15-13-22(14-16-23)26(28(39)40)37-17-25(33-20-37)35-27(38)24(19-43-18-21-11-9-8-10-12-21)34-29(41)32(5,6)36-30(42)45-31(2,3)4/h8-17,20,24,26H,7,18-19H2,1-6H3,(H,34,41)(H,35,38)(H,36,42)(H,39,40)/t24-,26?/m1/s1. The molecule has 4 N–H and O–H groups in total. The van der Waals surface area contributed by atoms with E-state index >= 15 is 0 Å². The monoisotopic (exact) mass is 623 g/mol. The number of aromatic nitrogens is 2. The van der Waals surface area contributed by atoms with Gasteiger partial charge in [-0.3, -0.25) is 9.59 Å². The van der Waals surface area contributed by atoms with Gasteiger partial charge >= 0.3 is 12.1 Å². The Labute approximate surface area is 262 Å². The second-order valence-electron chi connectivity index (χ2n) is 11.7. The van der Waals surface area contributed by atoms with Crippen molar-refractivity contribution in [3.63, 3.8) is 0 Å². The second kappa shape index (κ2) is 15.2. The van der Waals surface area contributed by atoms with E-state index in [0.717, 1.165) is 5.56 Å². The minimum Gasteiger partial charge on any atom is -0.494 e. The molecule has 45 heavy (non-hydrogen) atoms. The van der Waals surface area contributed by atoms with Crippen LogP contribution in [0, 0.1) is 0 Å². The number of ether oxygens (including phenoxy) is 3. The minimum absolute atomic E-state index is 0.0608. The molecule has 0 bridgehead atoms. The molecule has 0 radical (unpaired) electrons. The van der Waals surface area contributed by atoms with Gasteiger partial charge in [-0.15, -0.1) is 0 Å². The van der Waals surface area contributed by atoms with Gasteiger partial charge in [0.2, 0.25) is 5.91 Å². The topological polar surface area (TPSA) is 170 Å². The molecule has 2 aromatic carbocycles. The van der Waals surface area contributed by atoms with Gasteiger partial charge in [-0.05, 0) is 64.8 Å². The van der Waals surface area contributed by atoms with E-state index in [1.807, 2.05) is 37.3 Å². The molecule has 0 aliphatic rings. The predicted octanol–water partition coefficient (Wildman–Crippen LogP) is 3.90. The molecule has 0 fully saturated rings. The van der Waals surface area contributed by atoms with Gasteiger partial charge in [-0.2, -0.15) is 0 Å². The molecule has 0 aliphatic carbocycles. The number of rotatable bonds is 14. The van der Waals surface area contributed by atoms with E-state index in [2.05, 4.69) is 20.9 Å². The third-order valence-electron chi connectivity index (χ3n) is 6.29. The molecule has 1 heterocycles. The van der Waals surface area contributed by atoms with Crippen LogP contribution in [0.4, 0.5) is 10.6 Å². The van der Waals surface area contributed by atoms with Gasteiger partial charge in [0.25, 0.3) is 5.91 Å². The number of nitrogens with zero attached hydrogens (tertiary/aromatic N) is 2. The van der Waals surface area contributed by atoms with Crippen molar-refractivity contribution in [2.24, 2.45) is 0 Å². The largest absolute Gasteiger partial charge is 0.494 e. The summed E-state index contributed by atoms with van der Waals surface area (Å²) in [5, 5.41) is 17.7. The lowest BCUT2D eigenvalue weighted by Crippen LogP contribution is -2.59. The Morgan fingerprint density at radius 3 is 2.24 bits per heavy atom. The van der Waals surface area contributed by atoms with Gasteiger partial charge in [0.1, 0.15) is 22.9 Å². The summed E-state index contributed by atoms with van der Waals surface area (Å²) in [6, 6.07) is 13.6. The number of imidazole rings is 1. The highest BCUT2D eigenvalue weighted by Gasteiger charge is 2.35. The number of alkyl carbamates (subject to hydrolysis) is 1. The van der Waals surface area contributed by atoms with Crippen LogP contribution in [-0.4, -0.2) is 68.9 Å². The number of carboxylic acid groups (broad SMARTS) is 1. The van der Waals surface area contributed by atoms with Gasteiger partial charge < -0.3 is 39.8 Å². The number of carbonyl (C=O) groups is 4. The van der Waals surface area contributed by atoms with Crippen molar-refractivity contribution in [1.82, 2.24) is 20.2 Å². The maximum atomic E-state index is 13.4. The highest BCUT2D eigenvalue weighted by atomic mass is 16.6. The summed E-state index contributed by atoms with van der Waals surface area (Å²) in [5.41, 5.74) is -0.891. The normalized spacial score (nSPS) is 12.8. The molecule has 13 heteroatoms. The third-order valence-corrected chi connectivity index (χ3v) is 6.29. The first kappa shape index (κ1) is 34.6. The van der Waals surface area contributed by atoms with Crippen molar-refractivity contribution in [2.45, 2.75) is 71.4 Å². The van der Waals surface area contributed by atoms with Gasteiger partial charge in [-0.1, -0.05) is 42.5 Å². The number of carboxylic acids is 1. The lowest BCUT2D eigenvalue weighted by molar-refractivity contribution is -0.139. The van der Waals surface area contributed by atoms with Crippen LogP contribution in [0.2, 0.25) is 0 Å². The minimum atomic E-state index is -1.45. The van der Waals surface area contributed by atoms with Crippen molar-refractivity contribution in [3.8, 4) is 5.75 Å². The number of amides is 3. The Hall–Kier alpha value is -4.91. The van der Waals surface area contributed by atoms with E-state index in [-0.39, 0.29) is 19.0 Å². The molecule has 3 rings (SSSR count). The molecule has 0 saturated carbocycles. The first-order chi connectivity index (χ1) is 21.2. The molecule has 242 valence electrons. The van der Waals surface area contributed by atoms with E-state index in [1.165, 1.54) is 30.9 Å². The van der Waals surface area contributed by atoms with Gasteiger partial charge in [0.05, 0.1) is 26.1 Å². The number of anilines is 1. The summed E-state index contributed by atoms with van der Waals surface area (Å²) in [7, 11) is 0.